The van der Waals surface area contributed by atoms with Gasteiger partial charge < -0.3 is 20.4 Å². The number of carbonyl (C=O) groups is 1. The summed E-state index contributed by atoms with van der Waals surface area (Å²) in [5, 5.41) is 5.66. The Morgan fingerprint density at radius 1 is 1.41 bits per heavy atom. The summed E-state index contributed by atoms with van der Waals surface area (Å²) in [6, 6.07) is 4.32. The molecule has 2 aromatic rings. The van der Waals surface area contributed by atoms with Crippen LogP contribution in [0.4, 0.5) is 4.39 Å². The number of nitrogens with zero attached hydrogens (tertiary/aromatic N) is 1. The second kappa shape index (κ2) is 10.3. The third-order valence-corrected chi connectivity index (χ3v) is 2.71. The molecule has 1 aromatic heterocycles. The number of halogens is 3. The molecule has 0 aliphatic heterocycles. The number of H-pyrrole nitrogens is 1. The zero-order valence-electron chi connectivity index (χ0n) is 12.0. The van der Waals surface area contributed by atoms with Gasteiger partial charge in [-0.3, -0.25) is 4.79 Å². The lowest BCUT2D eigenvalue weighted by Gasteiger charge is -2.04. The van der Waals surface area contributed by atoms with Gasteiger partial charge in [0.05, 0.1) is 30.7 Å². The van der Waals surface area contributed by atoms with Crippen LogP contribution in [0, 0.1) is 5.82 Å². The SMILES string of the molecule is COCCNCC(=O)NCc1nc2ccc(F)cc2[nH]1.Cl.Cl. The van der Waals surface area contributed by atoms with Crippen LogP contribution in [-0.2, 0) is 16.1 Å². The van der Waals surface area contributed by atoms with Gasteiger partial charge in [-0.05, 0) is 18.2 Å². The first kappa shape index (κ1) is 20.6. The molecule has 22 heavy (non-hydrogen) atoms. The molecule has 124 valence electrons. The molecule has 0 aliphatic rings. The normalized spacial score (nSPS) is 9.91. The van der Waals surface area contributed by atoms with E-state index in [9.17, 15) is 9.18 Å². The van der Waals surface area contributed by atoms with Crippen molar-refractivity contribution in [1.82, 2.24) is 20.6 Å². The van der Waals surface area contributed by atoms with Crippen LogP contribution in [0.2, 0.25) is 0 Å². The highest BCUT2D eigenvalue weighted by Crippen LogP contribution is 2.12. The summed E-state index contributed by atoms with van der Waals surface area (Å²) in [6.45, 7) is 1.68. The molecule has 3 N–H and O–H groups in total. The Morgan fingerprint density at radius 3 is 2.91 bits per heavy atom. The Kier molecular flexibility index (Phi) is 9.68. The smallest absolute Gasteiger partial charge is 0.234 e. The molecule has 0 fully saturated rings. The van der Waals surface area contributed by atoms with Gasteiger partial charge in [0.1, 0.15) is 11.6 Å². The maximum absolute atomic E-state index is 13.0. The first-order chi connectivity index (χ1) is 9.69. The summed E-state index contributed by atoms with van der Waals surface area (Å²) in [5.41, 5.74) is 1.29. The number of nitrogens with one attached hydrogen (secondary N) is 3. The standard InChI is InChI=1S/C13H17FN4O2.2ClH/c1-20-5-4-15-8-13(19)16-7-12-17-10-3-2-9(14)6-11(10)18-12;;/h2-3,6,15H,4-5,7-8H2,1H3,(H,16,19)(H,17,18);2*1H. The quantitative estimate of drug-likeness (QED) is 0.658. The van der Waals surface area contributed by atoms with Crippen LogP contribution < -0.4 is 10.6 Å². The number of imidazole rings is 1. The van der Waals surface area contributed by atoms with E-state index in [1.807, 2.05) is 0 Å². The fraction of sp³-hybridized carbons (Fsp3) is 0.385. The number of hydrogen-bond acceptors (Lipinski definition) is 4. The van der Waals surface area contributed by atoms with Gasteiger partial charge in [0.2, 0.25) is 5.91 Å². The summed E-state index contributed by atoms with van der Waals surface area (Å²) in [4.78, 5) is 18.8. The minimum atomic E-state index is -0.320. The van der Waals surface area contributed by atoms with E-state index in [2.05, 4.69) is 20.6 Å². The van der Waals surface area contributed by atoms with E-state index < -0.39 is 0 Å². The number of methoxy groups -OCH3 is 1. The molecule has 0 unspecified atom stereocenters. The van der Waals surface area contributed by atoms with Gasteiger partial charge in [0.15, 0.2) is 0 Å². The summed E-state index contributed by atoms with van der Waals surface area (Å²) >= 11 is 0. The lowest BCUT2D eigenvalue weighted by Crippen LogP contribution is -2.35. The van der Waals surface area contributed by atoms with Crippen molar-refractivity contribution in [3.63, 3.8) is 0 Å². The Balaban J connectivity index is 0.00000220. The molecule has 0 spiro atoms. The molecule has 1 aromatic carbocycles. The number of carbonyl (C=O) groups excluding carboxylic acids is 1. The van der Waals surface area contributed by atoms with E-state index in [0.29, 0.717) is 30.0 Å². The first-order valence-electron chi connectivity index (χ1n) is 6.29. The number of ether oxygens (including phenoxy) is 1. The molecule has 6 nitrogen and oxygen atoms in total. The Hall–Kier alpha value is -1.41. The Bertz CT molecular complexity index is 594. The van der Waals surface area contributed by atoms with E-state index in [4.69, 9.17) is 4.74 Å². The molecule has 1 heterocycles. The van der Waals surface area contributed by atoms with Crippen molar-refractivity contribution >= 4 is 41.8 Å². The van der Waals surface area contributed by atoms with Crippen LogP contribution in [0.25, 0.3) is 11.0 Å². The van der Waals surface area contributed by atoms with Crippen LogP contribution in [0.15, 0.2) is 18.2 Å². The monoisotopic (exact) mass is 352 g/mol. The molecule has 2 rings (SSSR count). The molecule has 9 heteroatoms. The van der Waals surface area contributed by atoms with Crippen molar-refractivity contribution in [3.05, 3.63) is 29.8 Å². The average Bonchev–Trinajstić information content (AvgIpc) is 2.83. The summed E-state index contributed by atoms with van der Waals surface area (Å²) in [6.07, 6.45) is 0. The lowest BCUT2D eigenvalue weighted by atomic mass is 10.3. The van der Waals surface area contributed by atoms with Gasteiger partial charge in [-0.15, -0.1) is 24.8 Å². The minimum Gasteiger partial charge on any atom is -0.383 e. The number of aromatic nitrogens is 2. The molecule has 1 amide bonds. The fourth-order valence-electron chi connectivity index (χ4n) is 1.74. The van der Waals surface area contributed by atoms with E-state index in [1.54, 1.807) is 13.2 Å². The first-order valence-corrected chi connectivity index (χ1v) is 6.29. The van der Waals surface area contributed by atoms with Crippen molar-refractivity contribution in [1.29, 1.82) is 0 Å². The minimum absolute atomic E-state index is 0. The number of amides is 1. The van der Waals surface area contributed by atoms with E-state index in [1.165, 1.54) is 12.1 Å². The van der Waals surface area contributed by atoms with E-state index >= 15 is 0 Å². The van der Waals surface area contributed by atoms with E-state index in [0.717, 1.165) is 0 Å². The number of rotatable bonds is 7. The highest BCUT2D eigenvalue weighted by molar-refractivity contribution is 5.85. The van der Waals surface area contributed by atoms with Crippen LogP contribution in [0.5, 0.6) is 0 Å². The van der Waals surface area contributed by atoms with Gasteiger partial charge in [-0.25, -0.2) is 9.37 Å². The van der Waals surface area contributed by atoms with Gasteiger partial charge >= 0.3 is 0 Å². The number of aromatic amines is 1. The zero-order valence-corrected chi connectivity index (χ0v) is 13.7. The van der Waals surface area contributed by atoms with Crippen molar-refractivity contribution in [3.8, 4) is 0 Å². The zero-order chi connectivity index (χ0) is 14.4. The average molecular weight is 353 g/mol. The molecular formula is C13H19Cl2FN4O2. The summed E-state index contributed by atoms with van der Waals surface area (Å²) < 4.78 is 17.9. The van der Waals surface area contributed by atoms with E-state index in [-0.39, 0.29) is 49.6 Å². The van der Waals surface area contributed by atoms with Crippen LogP contribution in [-0.4, -0.2) is 42.7 Å². The predicted octanol–water partition coefficient (Wildman–Crippen LogP) is 1.40. The Labute approximate surface area is 140 Å². The van der Waals surface area contributed by atoms with Gasteiger partial charge in [0.25, 0.3) is 0 Å². The molecule has 0 aliphatic carbocycles. The second-order valence-corrected chi connectivity index (χ2v) is 4.29. The number of fused-ring (bicyclic) bond motifs is 1. The molecule has 0 atom stereocenters. The fourth-order valence-corrected chi connectivity index (χ4v) is 1.74. The van der Waals surface area contributed by atoms with Crippen molar-refractivity contribution < 1.29 is 13.9 Å². The molecule has 0 bridgehead atoms. The van der Waals surface area contributed by atoms with Crippen molar-refractivity contribution in [2.24, 2.45) is 0 Å². The number of hydrogen-bond donors (Lipinski definition) is 3. The van der Waals surface area contributed by atoms with Gasteiger partial charge in [0, 0.05) is 13.7 Å². The van der Waals surface area contributed by atoms with Crippen LogP contribution in [0.3, 0.4) is 0 Å². The third kappa shape index (κ3) is 6.15. The topological polar surface area (TPSA) is 79.0 Å². The van der Waals surface area contributed by atoms with Gasteiger partial charge in [-0.1, -0.05) is 0 Å². The Morgan fingerprint density at radius 2 is 2.18 bits per heavy atom. The third-order valence-electron chi connectivity index (χ3n) is 2.71. The highest BCUT2D eigenvalue weighted by atomic mass is 35.5. The lowest BCUT2D eigenvalue weighted by molar-refractivity contribution is -0.120. The van der Waals surface area contributed by atoms with Crippen LogP contribution in [0.1, 0.15) is 5.82 Å². The largest absolute Gasteiger partial charge is 0.383 e. The summed E-state index contributed by atoms with van der Waals surface area (Å²) in [7, 11) is 1.60. The van der Waals surface area contributed by atoms with Crippen LogP contribution >= 0.6 is 24.8 Å². The maximum Gasteiger partial charge on any atom is 0.234 e. The summed E-state index contributed by atoms with van der Waals surface area (Å²) in [5.74, 6) is 0.141. The highest BCUT2D eigenvalue weighted by Gasteiger charge is 2.05. The van der Waals surface area contributed by atoms with Crippen molar-refractivity contribution in [2.75, 3.05) is 26.8 Å². The predicted molar refractivity (Wildman–Crippen MR) is 87.1 cm³/mol. The molecule has 0 radical (unpaired) electrons. The number of benzene rings is 1. The van der Waals surface area contributed by atoms with Crippen molar-refractivity contribution in [2.45, 2.75) is 6.54 Å². The second-order valence-electron chi connectivity index (χ2n) is 4.29. The maximum atomic E-state index is 13.0. The van der Waals surface area contributed by atoms with Gasteiger partial charge in [-0.2, -0.15) is 0 Å². The molecule has 0 saturated carbocycles. The molecule has 0 saturated heterocycles. The molecular weight excluding hydrogens is 334 g/mol.